The Morgan fingerprint density at radius 2 is 2.50 bits per heavy atom. The van der Waals surface area contributed by atoms with Crippen molar-refractivity contribution in [3.05, 3.63) is 16.8 Å². The molecule has 1 atom stereocenters. The number of urea groups is 1. The summed E-state index contributed by atoms with van der Waals surface area (Å²) in [6.07, 6.45) is 0. The molecule has 6 heteroatoms. The van der Waals surface area contributed by atoms with Gasteiger partial charge in [0, 0.05) is 11.9 Å². The molecule has 3 amide bonds. The predicted octanol–water partition coefficient (Wildman–Crippen LogP) is 0.368. The largest absolute Gasteiger partial charge is 0.336 e. The van der Waals surface area contributed by atoms with E-state index in [9.17, 15) is 9.59 Å². The second kappa shape index (κ2) is 3.67. The van der Waals surface area contributed by atoms with Crippen LogP contribution in [0, 0.1) is 0 Å². The number of rotatable bonds is 2. The lowest BCUT2D eigenvalue weighted by Gasteiger charge is -2.07. The maximum Gasteiger partial charge on any atom is 0.315 e. The van der Waals surface area contributed by atoms with E-state index in [1.165, 1.54) is 11.3 Å². The highest BCUT2D eigenvalue weighted by Crippen LogP contribution is 2.12. The zero-order valence-electron chi connectivity index (χ0n) is 7.24. The van der Waals surface area contributed by atoms with Crippen LogP contribution >= 0.6 is 11.3 Å². The number of anilines is 1. The lowest BCUT2D eigenvalue weighted by atomic mass is 10.3. The number of amides is 3. The Bertz CT molecular complexity index is 349. The van der Waals surface area contributed by atoms with E-state index in [0.29, 0.717) is 6.54 Å². The highest BCUT2D eigenvalue weighted by Gasteiger charge is 2.26. The molecule has 2 heterocycles. The monoisotopic (exact) mass is 211 g/mol. The van der Waals surface area contributed by atoms with Gasteiger partial charge in [0.15, 0.2) is 0 Å². The summed E-state index contributed by atoms with van der Waals surface area (Å²) in [6.45, 7) is 0.342. The summed E-state index contributed by atoms with van der Waals surface area (Å²) in [5.41, 5.74) is 0.765. The quantitative estimate of drug-likeness (QED) is 0.661. The van der Waals surface area contributed by atoms with Gasteiger partial charge in [-0.1, -0.05) is 0 Å². The maximum absolute atomic E-state index is 11.5. The van der Waals surface area contributed by atoms with E-state index >= 15 is 0 Å². The minimum atomic E-state index is -0.470. The summed E-state index contributed by atoms with van der Waals surface area (Å²) >= 11 is 1.51. The molecular formula is C8H9N3O2S. The van der Waals surface area contributed by atoms with Gasteiger partial charge in [0.2, 0.25) is 5.91 Å². The van der Waals surface area contributed by atoms with Crippen LogP contribution in [0.1, 0.15) is 0 Å². The molecule has 3 N–H and O–H groups in total. The lowest BCUT2D eigenvalue weighted by Crippen LogP contribution is -2.38. The van der Waals surface area contributed by atoms with Crippen LogP contribution < -0.4 is 16.0 Å². The van der Waals surface area contributed by atoms with E-state index in [0.717, 1.165) is 5.69 Å². The Hall–Kier alpha value is -1.56. The van der Waals surface area contributed by atoms with Crippen LogP contribution in [0.25, 0.3) is 0 Å². The van der Waals surface area contributed by atoms with Crippen LogP contribution in [-0.4, -0.2) is 24.5 Å². The van der Waals surface area contributed by atoms with E-state index < -0.39 is 6.04 Å². The van der Waals surface area contributed by atoms with Crippen LogP contribution in [-0.2, 0) is 4.79 Å². The van der Waals surface area contributed by atoms with Gasteiger partial charge in [0.1, 0.15) is 6.04 Å². The van der Waals surface area contributed by atoms with Gasteiger partial charge < -0.3 is 16.0 Å². The molecule has 1 aliphatic heterocycles. The molecule has 2 rings (SSSR count). The SMILES string of the molecule is O=C1NC[C@@H](C(=O)Nc2ccsc2)N1. The van der Waals surface area contributed by atoms with Crippen molar-refractivity contribution in [1.29, 1.82) is 0 Å². The van der Waals surface area contributed by atoms with Crippen molar-refractivity contribution in [2.24, 2.45) is 0 Å². The highest BCUT2D eigenvalue weighted by molar-refractivity contribution is 7.08. The van der Waals surface area contributed by atoms with E-state index in [1.807, 2.05) is 16.8 Å². The van der Waals surface area contributed by atoms with Crippen molar-refractivity contribution >= 4 is 29.0 Å². The molecule has 0 bridgehead atoms. The summed E-state index contributed by atoms with van der Waals surface area (Å²) in [6, 6.07) is 1.05. The third-order valence-electron chi connectivity index (χ3n) is 1.88. The standard InChI is InChI=1S/C8H9N3O2S/c12-7(6-3-9-8(13)11-6)10-5-1-2-14-4-5/h1-2,4,6H,3H2,(H,10,12)(H2,9,11,13)/t6-/m0/s1. The smallest absolute Gasteiger partial charge is 0.315 e. The molecular weight excluding hydrogens is 202 g/mol. The van der Waals surface area contributed by atoms with Gasteiger partial charge in [0.05, 0.1) is 5.69 Å². The van der Waals surface area contributed by atoms with Gasteiger partial charge in [-0.2, -0.15) is 11.3 Å². The zero-order chi connectivity index (χ0) is 9.97. The van der Waals surface area contributed by atoms with Crippen molar-refractivity contribution in [3.63, 3.8) is 0 Å². The molecule has 1 aliphatic rings. The van der Waals surface area contributed by atoms with Crippen LogP contribution in [0.2, 0.25) is 0 Å². The molecule has 0 spiro atoms. The number of hydrogen-bond acceptors (Lipinski definition) is 3. The fraction of sp³-hybridized carbons (Fsp3) is 0.250. The van der Waals surface area contributed by atoms with Crippen molar-refractivity contribution in [1.82, 2.24) is 10.6 Å². The first-order valence-electron chi connectivity index (χ1n) is 4.13. The third-order valence-corrected chi connectivity index (χ3v) is 2.56. The van der Waals surface area contributed by atoms with Crippen LogP contribution in [0.4, 0.5) is 10.5 Å². The van der Waals surface area contributed by atoms with Crippen LogP contribution in [0.15, 0.2) is 16.8 Å². The average molecular weight is 211 g/mol. The topological polar surface area (TPSA) is 70.2 Å². The molecule has 0 saturated carbocycles. The molecule has 5 nitrogen and oxygen atoms in total. The highest BCUT2D eigenvalue weighted by atomic mass is 32.1. The molecule has 0 aliphatic carbocycles. The van der Waals surface area contributed by atoms with Gasteiger partial charge in [-0.15, -0.1) is 0 Å². The first-order valence-corrected chi connectivity index (χ1v) is 5.07. The van der Waals surface area contributed by atoms with E-state index in [2.05, 4.69) is 16.0 Å². The van der Waals surface area contributed by atoms with Crippen molar-refractivity contribution in [3.8, 4) is 0 Å². The number of carbonyl (C=O) groups is 2. The Morgan fingerprint density at radius 3 is 3.07 bits per heavy atom. The zero-order valence-corrected chi connectivity index (χ0v) is 8.06. The predicted molar refractivity (Wildman–Crippen MR) is 53.3 cm³/mol. The Kier molecular flexibility index (Phi) is 2.36. The number of carbonyl (C=O) groups excluding carboxylic acids is 2. The van der Waals surface area contributed by atoms with Gasteiger partial charge in [-0.05, 0) is 11.4 Å². The fourth-order valence-corrected chi connectivity index (χ4v) is 1.77. The first-order chi connectivity index (χ1) is 6.75. The van der Waals surface area contributed by atoms with Crippen molar-refractivity contribution in [2.75, 3.05) is 11.9 Å². The summed E-state index contributed by atoms with van der Waals surface area (Å²) in [4.78, 5) is 22.3. The minimum Gasteiger partial charge on any atom is -0.336 e. The van der Waals surface area contributed by atoms with E-state index in [1.54, 1.807) is 0 Å². The summed E-state index contributed by atoms with van der Waals surface area (Å²) < 4.78 is 0. The summed E-state index contributed by atoms with van der Waals surface area (Å²) in [7, 11) is 0. The number of thiophene rings is 1. The molecule has 0 aromatic carbocycles. The summed E-state index contributed by atoms with van der Waals surface area (Å²) in [5.74, 6) is -0.193. The first kappa shape index (κ1) is 9.01. The van der Waals surface area contributed by atoms with Gasteiger partial charge >= 0.3 is 6.03 Å². The third kappa shape index (κ3) is 1.85. The minimum absolute atomic E-state index is 0.193. The van der Waals surface area contributed by atoms with Crippen molar-refractivity contribution in [2.45, 2.75) is 6.04 Å². The second-order valence-electron chi connectivity index (χ2n) is 2.91. The van der Waals surface area contributed by atoms with Gasteiger partial charge in [-0.25, -0.2) is 4.79 Å². The van der Waals surface area contributed by atoms with Crippen LogP contribution in [0.5, 0.6) is 0 Å². The molecule has 74 valence electrons. The van der Waals surface area contributed by atoms with E-state index in [-0.39, 0.29) is 11.9 Å². The average Bonchev–Trinajstić information content (AvgIpc) is 2.75. The Labute approximate surface area is 84.5 Å². The van der Waals surface area contributed by atoms with Gasteiger partial charge in [0.25, 0.3) is 0 Å². The Balaban J connectivity index is 1.93. The van der Waals surface area contributed by atoms with Crippen molar-refractivity contribution < 1.29 is 9.59 Å². The number of hydrogen-bond donors (Lipinski definition) is 3. The van der Waals surface area contributed by atoms with Crippen LogP contribution in [0.3, 0.4) is 0 Å². The molecule has 0 radical (unpaired) electrons. The molecule has 1 aromatic rings. The molecule has 1 fully saturated rings. The second-order valence-corrected chi connectivity index (χ2v) is 3.69. The van der Waals surface area contributed by atoms with E-state index in [4.69, 9.17) is 0 Å². The Morgan fingerprint density at radius 1 is 1.64 bits per heavy atom. The van der Waals surface area contributed by atoms with Gasteiger partial charge in [-0.3, -0.25) is 4.79 Å². The molecule has 0 unspecified atom stereocenters. The summed E-state index contributed by atoms with van der Waals surface area (Å²) in [5, 5.41) is 11.4. The molecule has 1 aromatic heterocycles. The lowest BCUT2D eigenvalue weighted by molar-refractivity contribution is -0.117. The normalized spacial score (nSPS) is 20.0. The number of nitrogens with one attached hydrogen (secondary N) is 3. The maximum atomic E-state index is 11.5. The fourth-order valence-electron chi connectivity index (χ4n) is 1.18. The molecule has 1 saturated heterocycles. The molecule has 14 heavy (non-hydrogen) atoms.